The summed E-state index contributed by atoms with van der Waals surface area (Å²) in [7, 11) is 0.468. The van der Waals surface area contributed by atoms with Crippen molar-refractivity contribution in [2.75, 3.05) is 20.1 Å². The zero-order valence-corrected chi connectivity index (χ0v) is 13.9. The lowest BCUT2D eigenvalue weighted by atomic mass is 9.87. The van der Waals surface area contributed by atoms with E-state index < -0.39 is 16.0 Å². The first-order valence-corrected chi connectivity index (χ1v) is 9.23. The van der Waals surface area contributed by atoms with Crippen LogP contribution in [0.3, 0.4) is 0 Å². The molecule has 1 fully saturated rings. The zero-order chi connectivity index (χ0) is 16.0. The molecule has 0 aliphatic carbocycles. The average molecular weight is 333 g/mol. The van der Waals surface area contributed by atoms with E-state index in [1.807, 2.05) is 24.3 Å². The maximum Gasteiger partial charge on any atom is 0.191 e. The van der Waals surface area contributed by atoms with Gasteiger partial charge in [-0.1, -0.05) is 18.2 Å². The lowest BCUT2D eigenvalue weighted by molar-refractivity contribution is 0.111. The minimum Gasteiger partial charge on any atom is -0.485 e. The average Bonchev–Trinajstić information content (AvgIpc) is 2.74. The van der Waals surface area contributed by atoms with Crippen LogP contribution in [0.4, 0.5) is 4.39 Å². The Balaban J connectivity index is 1.74. The molecule has 1 aromatic carbocycles. The van der Waals surface area contributed by atoms with Gasteiger partial charge in [0.05, 0.1) is 0 Å². The van der Waals surface area contributed by atoms with Crippen LogP contribution in [0.5, 0.6) is 5.75 Å². The normalized spacial score (nSPS) is 28.7. The number of nitrogens with zero attached hydrogens (tertiary/aromatic N) is 1. The number of hydrogen-bond acceptors (Lipinski definition) is 3. The van der Waals surface area contributed by atoms with Gasteiger partial charge in [0.2, 0.25) is 0 Å². The first kappa shape index (κ1) is 15.1. The smallest absolute Gasteiger partial charge is 0.191 e. The third-order valence-electron chi connectivity index (χ3n) is 5.07. The molecule has 3 aliphatic rings. The van der Waals surface area contributed by atoms with Crippen molar-refractivity contribution < 1.29 is 13.3 Å². The number of fused-ring (bicyclic) bond motifs is 1. The van der Waals surface area contributed by atoms with E-state index in [9.17, 15) is 8.60 Å². The lowest BCUT2D eigenvalue weighted by Crippen LogP contribution is -2.38. The van der Waals surface area contributed by atoms with Crippen LogP contribution in [0, 0.1) is 5.92 Å². The number of benzene rings is 1. The van der Waals surface area contributed by atoms with Gasteiger partial charge in [-0.25, -0.2) is 4.21 Å². The summed E-state index contributed by atoms with van der Waals surface area (Å²) in [6.07, 6.45) is 3.80. The van der Waals surface area contributed by atoms with Gasteiger partial charge < -0.3 is 9.64 Å². The van der Waals surface area contributed by atoms with Crippen LogP contribution in [-0.4, -0.2) is 35.3 Å². The molecule has 122 valence electrons. The SMILES string of the molecule is CN1CCC(C2Oc3ccccc3CC3=C2C=C(F)S3=O)CC1. The number of halogens is 1. The van der Waals surface area contributed by atoms with E-state index in [2.05, 4.69) is 11.9 Å². The van der Waals surface area contributed by atoms with Gasteiger partial charge in [0.25, 0.3) is 0 Å². The fourth-order valence-corrected chi connectivity index (χ4v) is 4.85. The summed E-state index contributed by atoms with van der Waals surface area (Å²) in [5.41, 5.74) is 1.80. The summed E-state index contributed by atoms with van der Waals surface area (Å²) in [6, 6.07) is 7.83. The second kappa shape index (κ2) is 5.87. The van der Waals surface area contributed by atoms with E-state index in [1.165, 1.54) is 6.08 Å². The van der Waals surface area contributed by atoms with Crippen LogP contribution in [0.15, 0.2) is 46.0 Å². The van der Waals surface area contributed by atoms with E-state index >= 15 is 0 Å². The van der Waals surface area contributed by atoms with Crippen LogP contribution in [0.1, 0.15) is 18.4 Å². The van der Waals surface area contributed by atoms with Gasteiger partial charge in [0.1, 0.15) is 22.7 Å². The molecule has 0 N–H and O–H groups in total. The molecule has 4 rings (SSSR count). The highest BCUT2D eigenvalue weighted by atomic mass is 32.2. The van der Waals surface area contributed by atoms with Crippen molar-refractivity contribution in [3.63, 3.8) is 0 Å². The number of rotatable bonds is 1. The summed E-state index contributed by atoms with van der Waals surface area (Å²) in [5, 5.41) is -0.532. The molecule has 1 aromatic rings. The third-order valence-corrected chi connectivity index (χ3v) is 6.37. The Bertz CT molecular complexity index is 719. The molecule has 1 saturated heterocycles. The minimum atomic E-state index is -1.65. The fourth-order valence-electron chi connectivity index (χ4n) is 3.71. The van der Waals surface area contributed by atoms with Crippen LogP contribution < -0.4 is 4.74 Å². The highest BCUT2D eigenvalue weighted by Gasteiger charge is 2.38. The highest BCUT2D eigenvalue weighted by Crippen LogP contribution is 2.41. The number of para-hydroxylation sites is 1. The van der Waals surface area contributed by atoms with Crippen molar-refractivity contribution in [1.29, 1.82) is 0 Å². The van der Waals surface area contributed by atoms with Crippen molar-refractivity contribution in [2.24, 2.45) is 5.92 Å². The fraction of sp³-hybridized carbons (Fsp3) is 0.444. The lowest BCUT2D eigenvalue weighted by Gasteiger charge is -2.34. The zero-order valence-electron chi connectivity index (χ0n) is 13.1. The molecule has 3 aliphatic heterocycles. The largest absolute Gasteiger partial charge is 0.485 e. The highest BCUT2D eigenvalue weighted by molar-refractivity contribution is 7.92. The van der Waals surface area contributed by atoms with Gasteiger partial charge in [0, 0.05) is 22.8 Å². The van der Waals surface area contributed by atoms with E-state index in [0.29, 0.717) is 17.2 Å². The summed E-state index contributed by atoms with van der Waals surface area (Å²) in [5.74, 6) is 1.18. The van der Waals surface area contributed by atoms with E-state index in [-0.39, 0.29) is 6.10 Å². The van der Waals surface area contributed by atoms with E-state index in [4.69, 9.17) is 4.74 Å². The summed E-state index contributed by atoms with van der Waals surface area (Å²) < 4.78 is 32.6. The summed E-state index contributed by atoms with van der Waals surface area (Å²) in [6.45, 7) is 2.04. The Morgan fingerprint density at radius 1 is 1.26 bits per heavy atom. The van der Waals surface area contributed by atoms with Gasteiger partial charge in [-0.05, 0) is 50.7 Å². The molecule has 0 amide bonds. The molecule has 5 heteroatoms. The van der Waals surface area contributed by atoms with Gasteiger partial charge in [-0.3, -0.25) is 0 Å². The monoisotopic (exact) mass is 333 g/mol. The molecule has 3 nitrogen and oxygen atoms in total. The van der Waals surface area contributed by atoms with Crippen molar-refractivity contribution in [1.82, 2.24) is 4.90 Å². The number of ether oxygens (including phenoxy) is 1. The molecular weight excluding hydrogens is 313 g/mol. The van der Waals surface area contributed by atoms with Crippen LogP contribution >= 0.6 is 0 Å². The second-order valence-corrected chi connectivity index (χ2v) is 7.98. The van der Waals surface area contributed by atoms with Crippen LogP contribution in [-0.2, 0) is 17.2 Å². The quantitative estimate of drug-likeness (QED) is 0.791. The van der Waals surface area contributed by atoms with Crippen molar-refractivity contribution in [3.8, 4) is 5.75 Å². The maximum absolute atomic E-state index is 14.0. The Morgan fingerprint density at radius 2 is 2.00 bits per heavy atom. The predicted molar refractivity (Wildman–Crippen MR) is 89.1 cm³/mol. The molecule has 2 unspecified atom stereocenters. The maximum atomic E-state index is 14.0. The molecule has 3 heterocycles. The second-order valence-electron chi connectivity index (χ2n) is 6.56. The third kappa shape index (κ3) is 2.66. The van der Waals surface area contributed by atoms with Gasteiger partial charge in [-0.15, -0.1) is 0 Å². The predicted octanol–water partition coefficient (Wildman–Crippen LogP) is 3.16. The topological polar surface area (TPSA) is 29.5 Å². The first-order valence-electron chi connectivity index (χ1n) is 8.08. The molecule has 2 atom stereocenters. The van der Waals surface area contributed by atoms with Crippen molar-refractivity contribution >= 4 is 10.8 Å². The molecule has 0 saturated carbocycles. The van der Waals surface area contributed by atoms with E-state index in [0.717, 1.165) is 42.8 Å². The van der Waals surface area contributed by atoms with Gasteiger partial charge in [0.15, 0.2) is 5.16 Å². The molecule has 0 spiro atoms. The van der Waals surface area contributed by atoms with Crippen LogP contribution in [0.25, 0.3) is 0 Å². The van der Waals surface area contributed by atoms with Crippen molar-refractivity contribution in [2.45, 2.75) is 25.4 Å². The Kier molecular flexibility index (Phi) is 3.85. The number of piperidine rings is 1. The van der Waals surface area contributed by atoms with Crippen molar-refractivity contribution in [3.05, 3.63) is 51.5 Å². The molecule has 0 aromatic heterocycles. The molecule has 23 heavy (non-hydrogen) atoms. The minimum absolute atomic E-state index is 0.195. The van der Waals surface area contributed by atoms with Crippen LogP contribution in [0.2, 0.25) is 0 Å². The summed E-state index contributed by atoms with van der Waals surface area (Å²) in [4.78, 5) is 3.00. The van der Waals surface area contributed by atoms with Gasteiger partial charge in [-0.2, -0.15) is 4.39 Å². The van der Waals surface area contributed by atoms with E-state index in [1.54, 1.807) is 0 Å². The Labute approximate surface area is 138 Å². The standard InChI is InChI=1S/C18H20FNO2S/c1-20-8-6-12(7-9-20)18-14-11-17(19)23(21)16(14)10-13-4-2-3-5-15(13)22-18/h2-5,11-12,18H,6-10H2,1H3. The number of likely N-dealkylation sites (tertiary alicyclic amines) is 1. The first-order chi connectivity index (χ1) is 11.1. The number of allylic oxidation sites excluding steroid dienone is 1. The molecule has 0 radical (unpaired) electrons. The van der Waals surface area contributed by atoms with Gasteiger partial charge >= 0.3 is 0 Å². The molecular formula is C18H20FNO2S. The Hall–Kier alpha value is -1.46. The molecule has 0 bridgehead atoms. The summed E-state index contributed by atoms with van der Waals surface area (Å²) >= 11 is 0. The number of hydrogen-bond donors (Lipinski definition) is 0. The Morgan fingerprint density at radius 3 is 2.78 bits per heavy atom.